The molecule has 0 N–H and O–H groups in total. The van der Waals surface area contributed by atoms with Gasteiger partial charge in [0.05, 0.1) is 0 Å². The summed E-state index contributed by atoms with van der Waals surface area (Å²) < 4.78 is 14.5. The first-order valence-corrected chi connectivity index (χ1v) is 8.06. The number of fused-ring (bicyclic) bond motifs is 4. The number of likely N-dealkylation sites (N-methyl/N-ethyl adjacent to an activating group) is 1. The van der Waals surface area contributed by atoms with E-state index in [2.05, 4.69) is 4.99 Å². The zero-order valence-corrected chi connectivity index (χ0v) is 14.2. The molecule has 1 unspecified atom stereocenters. The van der Waals surface area contributed by atoms with E-state index < -0.39 is 5.41 Å². The number of nitrogens with zero attached hydrogens (tertiary/aromatic N) is 2. The molecular formula is C20H19FN2O. The summed E-state index contributed by atoms with van der Waals surface area (Å²) in [6.45, 7) is 6.06. The van der Waals surface area contributed by atoms with Crippen molar-refractivity contribution < 1.29 is 9.18 Å². The van der Waals surface area contributed by atoms with E-state index in [1.165, 1.54) is 6.07 Å². The summed E-state index contributed by atoms with van der Waals surface area (Å²) in [6, 6.07) is 12.6. The molecule has 0 saturated carbocycles. The van der Waals surface area contributed by atoms with Gasteiger partial charge in [-0.05, 0) is 12.1 Å². The number of para-hydroxylation sites is 2. The van der Waals surface area contributed by atoms with Gasteiger partial charge in [0.1, 0.15) is 16.9 Å². The second-order valence-electron chi connectivity index (χ2n) is 7.48. The lowest BCUT2D eigenvalue weighted by Crippen LogP contribution is -2.48. The van der Waals surface area contributed by atoms with E-state index in [0.29, 0.717) is 17.0 Å². The quantitative estimate of drug-likeness (QED) is 0.715. The summed E-state index contributed by atoms with van der Waals surface area (Å²) in [4.78, 5) is 19.7. The van der Waals surface area contributed by atoms with Crippen LogP contribution < -0.4 is 4.90 Å². The average Bonchev–Trinajstić information content (AvgIpc) is 3.00. The first kappa shape index (κ1) is 15.1. The lowest BCUT2D eigenvalue weighted by Gasteiger charge is -2.33. The van der Waals surface area contributed by atoms with Crippen LogP contribution in [-0.4, -0.2) is 18.7 Å². The Bertz CT molecular complexity index is 910. The highest BCUT2D eigenvalue weighted by Gasteiger charge is 2.60. The lowest BCUT2D eigenvalue weighted by atomic mass is 9.66. The Kier molecular flexibility index (Phi) is 2.84. The first-order valence-electron chi connectivity index (χ1n) is 8.06. The number of carbonyl (C=O) groups excluding carboxylic acids is 1. The van der Waals surface area contributed by atoms with Crippen molar-refractivity contribution in [2.45, 2.75) is 26.2 Å². The molecule has 1 spiro atoms. The van der Waals surface area contributed by atoms with Crippen LogP contribution in [0.3, 0.4) is 0 Å². The number of benzene rings is 2. The number of anilines is 1. The Hall–Kier alpha value is -2.49. The topological polar surface area (TPSA) is 32.7 Å². The Labute approximate surface area is 140 Å². The Morgan fingerprint density at radius 3 is 2.42 bits per heavy atom. The number of aliphatic imine (C=N–C) groups is 1. The fourth-order valence-corrected chi connectivity index (χ4v) is 4.03. The fraction of sp³-hybridized carbons (Fsp3) is 0.300. The molecule has 122 valence electrons. The van der Waals surface area contributed by atoms with Crippen molar-refractivity contribution in [2.24, 2.45) is 10.4 Å². The van der Waals surface area contributed by atoms with Crippen LogP contribution in [0.2, 0.25) is 0 Å². The molecule has 2 aromatic carbocycles. The van der Waals surface area contributed by atoms with Crippen LogP contribution in [0, 0.1) is 11.2 Å². The van der Waals surface area contributed by atoms with Gasteiger partial charge in [-0.1, -0.05) is 51.1 Å². The highest BCUT2D eigenvalue weighted by atomic mass is 19.1. The predicted octanol–water partition coefficient (Wildman–Crippen LogP) is 4.22. The minimum absolute atomic E-state index is 0.0678. The summed E-state index contributed by atoms with van der Waals surface area (Å²) in [6.07, 6.45) is 0. The van der Waals surface area contributed by atoms with E-state index in [-0.39, 0.29) is 17.1 Å². The van der Waals surface area contributed by atoms with Gasteiger partial charge in [-0.25, -0.2) is 4.39 Å². The van der Waals surface area contributed by atoms with Gasteiger partial charge < -0.3 is 4.90 Å². The van der Waals surface area contributed by atoms with Crippen molar-refractivity contribution in [1.29, 1.82) is 0 Å². The van der Waals surface area contributed by atoms with E-state index >= 15 is 0 Å². The zero-order valence-electron chi connectivity index (χ0n) is 14.2. The average molecular weight is 322 g/mol. The number of hydrogen-bond donors (Lipinski definition) is 0. The number of hydrogen-bond acceptors (Lipinski definition) is 2. The highest BCUT2D eigenvalue weighted by molar-refractivity contribution is 6.29. The number of amides is 1. The van der Waals surface area contributed by atoms with Crippen LogP contribution in [0.25, 0.3) is 0 Å². The van der Waals surface area contributed by atoms with Crippen LogP contribution in [0.15, 0.2) is 47.5 Å². The van der Waals surface area contributed by atoms with Gasteiger partial charge in [0.25, 0.3) is 0 Å². The summed E-state index contributed by atoms with van der Waals surface area (Å²) in [5.41, 5.74) is 1.99. The highest BCUT2D eigenvalue weighted by Crippen LogP contribution is 2.56. The summed E-state index contributed by atoms with van der Waals surface area (Å²) in [5, 5.41) is 0. The summed E-state index contributed by atoms with van der Waals surface area (Å²) in [5.74, 6) is -0.451. The minimum Gasteiger partial charge on any atom is -0.314 e. The second kappa shape index (κ2) is 4.53. The third kappa shape index (κ3) is 1.61. The van der Waals surface area contributed by atoms with Gasteiger partial charge in [0.15, 0.2) is 0 Å². The third-order valence-electron chi connectivity index (χ3n) is 4.97. The number of rotatable bonds is 0. The molecule has 0 aromatic heterocycles. The fourth-order valence-electron chi connectivity index (χ4n) is 4.03. The molecule has 0 aliphatic carbocycles. The molecule has 4 heteroatoms. The van der Waals surface area contributed by atoms with Gasteiger partial charge in [-0.2, -0.15) is 0 Å². The Morgan fingerprint density at radius 2 is 1.71 bits per heavy atom. The largest absolute Gasteiger partial charge is 0.314 e. The Balaban J connectivity index is 2.16. The molecular weight excluding hydrogens is 303 g/mol. The van der Waals surface area contributed by atoms with E-state index in [9.17, 15) is 9.18 Å². The van der Waals surface area contributed by atoms with Gasteiger partial charge in [-0.3, -0.25) is 9.79 Å². The molecule has 2 aliphatic rings. The van der Waals surface area contributed by atoms with Gasteiger partial charge in [0.2, 0.25) is 5.91 Å². The van der Waals surface area contributed by atoms with Crippen LogP contribution in [0.5, 0.6) is 0 Å². The zero-order chi connectivity index (χ0) is 17.3. The van der Waals surface area contributed by atoms with Crippen LogP contribution in [0.1, 0.15) is 31.9 Å². The second-order valence-corrected chi connectivity index (χ2v) is 7.48. The van der Waals surface area contributed by atoms with Crippen LogP contribution >= 0.6 is 0 Å². The van der Waals surface area contributed by atoms with E-state index in [1.807, 2.05) is 51.1 Å². The van der Waals surface area contributed by atoms with Crippen LogP contribution in [0.4, 0.5) is 15.8 Å². The van der Waals surface area contributed by atoms with Crippen molar-refractivity contribution >= 4 is 23.0 Å². The molecule has 4 rings (SSSR count). The molecule has 2 aromatic rings. The first-order chi connectivity index (χ1) is 11.3. The van der Waals surface area contributed by atoms with Gasteiger partial charge >= 0.3 is 0 Å². The standard InChI is InChI=1S/C20H19FN2O/c1-19(2,3)17-20(13-9-7-10-14(21)16(13)22-17)12-8-5-6-11-15(12)23(4)18(20)24/h5-11H,1-4H3. The van der Waals surface area contributed by atoms with Crippen molar-refractivity contribution in [3.05, 3.63) is 59.4 Å². The molecule has 0 bridgehead atoms. The smallest absolute Gasteiger partial charge is 0.247 e. The van der Waals surface area contributed by atoms with E-state index in [1.54, 1.807) is 18.0 Å². The SMILES string of the molecule is CN1C(=O)C2(C(C(C)(C)C)=Nc3c(F)cccc32)c2ccccc21. The monoisotopic (exact) mass is 322 g/mol. The maximum absolute atomic E-state index is 14.5. The number of halogens is 1. The molecule has 2 heterocycles. The normalized spacial score (nSPS) is 22.0. The maximum Gasteiger partial charge on any atom is 0.247 e. The lowest BCUT2D eigenvalue weighted by molar-refractivity contribution is -0.119. The predicted molar refractivity (Wildman–Crippen MR) is 93.6 cm³/mol. The molecule has 0 fully saturated rings. The molecule has 0 saturated heterocycles. The minimum atomic E-state index is -1.03. The van der Waals surface area contributed by atoms with Crippen LogP contribution in [-0.2, 0) is 10.2 Å². The van der Waals surface area contributed by atoms with Crippen molar-refractivity contribution in [3.63, 3.8) is 0 Å². The summed E-state index contributed by atoms with van der Waals surface area (Å²) in [7, 11) is 1.77. The molecule has 0 radical (unpaired) electrons. The van der Waals surface area contributed by atoms with Crippen molar-refractivity contribution in [2.75, 3.05) is 11.9 Å². The van der Waals surface area contributed by atoms with Gasteiger partial charge in [0, 0.05) is 35.0 Å². The third-order valence-corrected chi connectivity index (χ3v) is 4.97. The van der Waals surface area contributed by atoms with Crippen molar-refractivity contribution in [1.82, 2.24) is 0 Å². The molecule has 3 nitrogen and oxygen atoms in total. The number of carbonyl (C=O) groups is 1. The van der Waals surface area contributed by atoms with Crippen molar-refractivity contribution in [3.8, 4) is 0 Å². The van der Waals surface area contributed by atoms with E-state index in [4.69, 9.17) is 0 Å². The van der Waals surface area contributed by atoms with E-state index in [0.717, 1.165) is 11.3 Å². The molecule has 24 heavy (non-hydrogen) atoms. The Morgan fingerprint density at radius 1 is 1.04 bits per heavy atom. The maximum atomic E-state index is 14.5. The summed E-state index contributed by atoms with van der Waals surface area (Å²) >= 11 is 0. The molecule has 1 atom stereocenters. The molecule has 2 aliphatic heterocycles. The molecule has 1 amide bonds. The van der Waals surface area contributed by atoms with Gasteiger partial charge in [-0.15, -0.1) is 0 Å².